The van der Waals surface area contributed by atoms with Crippen molar-refractivity contribution in [1.29, 1.82) is 0 Å². The van der Waals surface area contributed by atoms with Crippen LogP contribution in [0.4, 0.5) is 0 Å². The number of hydrogen-bond acceptors (Lipinski definition) is 5. The van der Waals surface area contributed by atoms with Crippen LogP contribution in [-0.4, -0.2) is 36.0 Å². The van der Waals surface area contributed by atoms with Gasteiger partial charge in [-0.15, -0.1) is 0 Å². The highest BCUT2D eigenvalue weighted by molar-refractivity contribution is 6.32. The minimum atomic E-state index is -1.13. The van der Waals surface area contributed by atoms with E-state index < -0.39 is 5.97 Å². The Morgan fingerprint density at radius 1 is 1.07 bits per heavy atom. The van der Waals surface area contributed by atoms with E-state index in [0.29, 0.717) is 41.7 Å². The van der Waals surface area contributed by atoms with E-state index in [1.165, 1.54) is 6.08 Å². The van der Waals surface area contributed by atoms with Gasteiger partial charge in [0.2, 0.25) is 5.76 Å². The first-order valence-corrected chi connectivity index (χ1v) is 10.3. The molecule has 0 spiro atoms. The summed E-state index contributed by atoms with van der Waals surface area (Å²) < 4.78 is 16.9. The maximum atomic E-state index is 11.3. The maximum Gasteiger partial charge on any atom is 0.371 e. The van der Waals surface area contributed by atoms with Crippen molar-refractivity contribution in [3.05, 3.63) is 58.3 Å². The summed E-state index contributed by atoms with van der Waals surface area (Å²) in [6.07, 6.45) is 3.94. The molecule has 0 saturated heterocycles. The predicted octanol–water partition coefficient (Wildman–Crippen LogP) is 5.31. The minimum Gasteiger partial charge on any atom is -0.506 e. The lowest BCUT2D eigenvalue weighted by Gasteiger charge is -2.14. The molecule has 0 aliphatic carbocycles. The van der Waals surface area contributed by atoms with Crippen LogP contribution in [0.3, 0.4) is 0 Å². The first-order valence-electron chi connectivity index (χ1n) is 9.89. The summed E-state index contributed by atoms with van der Waals surface area (Å²) in [6, 6.07) is 10.3. The molecule has 0 fully saturated rings. The number of carboxylic acids is 1. The molecule has 0 heterocycles. The van der Waals surface area contributed by atoms with Crippen molar-refractivity contribution in [2.75, 3.05) is 19.8 Å². The average molecular weight is 435 g/mol. The highest BCUT2D eigenvalue weighted by atomic mass is 35.5. The first-order chi connectivity index (χ1) is 14.4. The monoisotopic (exact) mass is 434 g/mol. The van der Waals surface area contributed by atoms with Gasteiger partial charge in [-0.25, -0.2) is 4.79 Å². The first kappa shape index (κ1) is 23.4. The Kier molecular flexibility index (Phi) is 9.35. The number of hydrogen-bond donors (Lipinski definition) is 2. The minimum absolute atomic E-state index is 0.0457. The highest BCUT2D eigenvalue weighted by Crippen LogP contribution is 2.30. The van der Waals surface area contributed by atoms with Crippen LogP contribution in [0, 0.1) is 0 Å². The molecule has 0 aromatic heterocycles. The van der Waals surface area contributed by atoms with E-state index in [1.807, 2.05) is 0 Å². The zero-order chi connectivity index (χ0) is 21.9. The molecule has 0 bridgehead atoms. The third-order valence-electron chi connectivity index (χ3n) is 4.19. The molecule has 0 aliphatic heterocycles. The number of phenolic OH excluding ortho intramolecular Hbond substituents is 1. The van der Waals surface area contributed by atoms with Crippen molar-refractivity contribution >= 4 is 23.6 Å². The summed E-state index contributed by atoms with van der Waals surface area (Å²) in [6.45, 7) is 4.99. The number of carbonyl (C=O) groups is 1. The van der Waals surface area contributed by atoms with Gasteiger partial charge in [0.15, 0.2) is 11.5 Å². The van der Waals surface area contributed by atoms with Crippen LogP contribution in [0.1, 0.15) is 37.8 Å². The Bertz CT molecular complexity index is 878. The molecule has 2 N–H and O–H groups in total. The third-order valence-corrected chi connectivity index (χ3v) is 4.49. The number of aliphatic carboxylic acids is 1. The normalized spacial score (nSPS) is 11.2. The second-order valence-corrected chi connectivity index (χ2v) is 6.95. The van der Waals surface area contributed by atoms with Crippen molar-refractivity contribution in [1.82, 2.24) is 0 Å². The summed E-state index contributed by atoms with van der Waals surface area (Å²) >= 11 is 5.94. The molecule has 2 rings (SSSR count). The predicted molar refractivity (Wildman–Crippen MR) is 116 cm³/mol. The van der Waals surface area contributed by atoms with Crippen molar-refractivity contribution in [2.24, 2.45) is 0 Å². The van der Waals surface area contributed by atoms with Gasteiger partial charge in [0.25, 0.3) is 0 Å². The van der Waals surface area contributed by atoms with Gasteiger partial charge in [-0.05, 0) is 54.8 Å². The topological polar surface area (TPSA) is 85.2 Å². The fraction of sp³-hybridized carbons (Fsp3) is 0.348. The Labute approximate surface area is 181 Å². The van der Waals surface area contributed by atoms with Crippen LogP contribution < -0.4 is 9.47 Å². The van der Waals surface area contributed by atoms with Crippen LogP contribution in [0.5, 0.6) is 17.2 Å². The van der Waals surface area contributed by atoms with Crippen LogP contribution in [0.2, 0.25) is 5.02 Å². The lowest BCUT2D eigenvalue weighted by Crippen LogP contribution is -2.06. The molecule has 0 atom stereocenters. The number of carboxylic acid groups (broad SMARTS) is 1. The summed E-state index contributed by atoms with van der Waals surface area (Å²) in [5.41, 5.74) is 1.58. The average Bonchev–Trinajstić information content (AvgIpc) is 2.72. The number of rotatable bonds is 12. The lowest BCUT2D eigenvalue weighted by molar-refractivity contribution is -0.136. The largest absolute Gasteiger partial charge is 0.506 e. The Hall–Kier alpha value is -2.86. The molecule has 6 nitrogen and oxygen atoms in total. The second kappa shape index (κ2) is 12.0. The molecule has 2 aromatic carbocycles. The quantitative estimate of drug-likeness (QED) is 0.267. The SMILES string of the molecule is CCCCOc1cc(/C=C(\OCC)C(=O)O)ccc1OCCc1ccc(O)c(Cl)c1. The summed E-state index contributed by atoms with van der Waals surface area (Å²) in [5.74, 6) is -0.0963. The van der Waals surface area contributed by atoms with Gasteiger partial charge in [-0.1, -0.05) is 37.1 Å². The number of ether oxygens (including phenoxy) is 3. The van der Waals surface area contributed by atoms with Gasteiger partial charge in [0.1, 0.15) is 5.75 Å². The summed E-state index contributed by atoms with van der Waals surface area (Å²) in [7, 11) is 0. The van der Waals surface area contributed by atoms with Gasteiger partial charge in [-0.3, -0.25) is 0 Å². The van der Waals surface area contributed by atoms with E-state index in [-0.39, 0.29) is 18.1 Å². The number of unbranched alkanes of at least 4 members (excludes halogenated alkanes) is 1. The van der Waals surface area contributed by atoms with Gasteiger partial charge in [0.05, 0.1) is 24.8 Å². The standard InChI is InChI=1S/C23H27ClO6/c1-3-5-11-29-21-14-17(15-22(23(26)27)28-4-2)7-9-20(21)30-12-10-16-6-8-19(25)18(24)13-16/h6-9,13-15,25H,3-5,10-12H2,1-2H3,(H,26,27)/b22-15-. The molecule has 7 heteroatoms. The van der Waals surface area contributed by atoms with Crippen LogP contribution in [0.15, 0.2) is 42.2 Å². The van der Waals surface area contributed by atoms with E-state index in [4.69, 9.17) is 25.8 Å². The molecule has 2 aromatic rings. The number of halogens is 1. The third kappa shape index (κ3) is 7.19. The maximum absolute atomic E-state index is 11.3. The molecule has 0 radical (unpaired) electrons. The van der Waals surface area contributed by atoms with Gasteiger partial charge in [0, 0.05) is 6.42 Å². The van der Waals surface area contributed by atoms with Crippen molar-refractivity contribution in [3.63, 3.8) is 0 Å². The molecule has 162 valence electrons. The van der Waals surface area contributed by atoms with Crippen LogP contribution >= 0.6 is 11.6 Å². The van der Waals surface area contributed by atoms with Crippen molar-refractivity contribution in [3.8, 4) is 17.2 Å². The molecule has 0 unspecified atom stereocenters. The van der Waals surface area contributed by atoms with E-state index in [2.05, 4.69) is 6.92 Å². The smallest absolute Gasteiger partial charge is 0.371 e. The fourth-order valence-electron chi connectivity index (χ4n) is 2.63. The molecule has 30 heavy (non-hydrogen) atoms. The van der Waals surface area contributed by atoms with E-state index >= 15 is 0 Å². The zero-order valence-corrected chi connectivity index (χ0v) is 17.9. The number of phenols is 1. The van der Waals surface area contributed by atoms with Crippen LogP contribution in [0.25, 0.3) is 6.08 Å². The Morgan fingerprint density at radius 2 is 1.83 bits per heavy atom. The zero-order valence-electron chi connectivity index (χ0n) is 17.2. The number of aromatic hydroxyl groups is 1. The van der Waals surface area contributed by atoms with E-state index in [1.54, 1.807) is 43.3 Å². The number of benzene rings is 2. The molecular formula is C23H27ClO6. The highest BCUT2D eigenvalue weighted by Gasteiger charge is 2.11. The molecule has 0 amide bonds. The van der Waals surface area contributed by atoms with Gasteiger partial charge >= 0.3 is 5.97 Å². The molecular weight excluding hydrogens is 408 g/mol. The van der Waals surface area contributed by atoms with Crippen molar-refractivity contribution in [2.45, 2.75) is 33.1 Å². The Morgan fingerprint density at radius 3 is 2.50 bits per heavy atom. The van der Waals surface area contributed by atoms with Gasteiger partial charge < -0.3 is 24.4 Å². The van der Waals surface area contributed by atoms with E-state index in [9.17, 15) is 15.0 Å². The van der Waals surface area contributed by atoms with Crippen LogP contribution in [-0.2, 0) is 16.0 Å². The fourth-order valence-corrected chi connectivity index (χ4v) is 2.83. The van der Waals surface area contributed by atoms with Crippen molar-refractivity contribution < 1.29 is 29.2 Å². The lowest BCUT2D eigenvalue weighted by atomic mass is 10.1. The summed E-state index contributed by atoms with van der Waals surface area (Å²) in [4.78, 5) is 11.3. The second-order valence-electron chi connectivity index (χ2n) is 6.54. The Balaban J connectivity index is 2.15. The van der Waals surface area contributed by atoms with E-state index in [0.717, 1.165) is 18.4 Å². The summed E-state index contributed by atoms with van der Waals surface area (Å²) in [5, 5.41) is 19.1. The molecule has 0 saturated carbocycles. The molecule has 0 aliphatic rings. The van der Waals surface area contributed by atoms with Gasteiger partial charge in [-0.2, -0.15) is 0 Å².